The van der Waals surface area contributed by atoms with Gasteiger partial charge >= 0.3 is 0 Å². The van der Waals surface area contributed by atoms with E-state index in [0.717, 1.165) is 10.5 Å². The predicted octanol–water partition coefficient (Wildman–Crippen LogP) is 4.19. The van der Waals surface area contributed by atoms with Crippen LogP contribution in [0.5, 0.6) is 11.5 Å². The number of methoxy groups -OCH3 is 2. The number of ether oxygens (including phenoxy) is 2. The maximum absolute atomic E-state index is 13.0. The van der Waals surface area contributed by atoms with Crippen molar-refractivity contribution in [3.63, 3.8) is 0 Å². The zero-order valence-electron chi connectivity index (χ0n) is 14.3. The molecule has 2 amide bonds. The molecule has 0 saturated heterocycles. The van der Waals surface area contributed by atoms with Crippen molar-refractivity contribution >= 4 is 46.3 Å². The van der Waals surface area contributed by atoms with Crippen molar-refractivity contribution in [3.05, 3.63) is 57.6 Å². The number of hydrogen-bond acceptors (Lipinski definition) is 4. The van der Waals surface area contributed by atoms with Crippen LogP contribution in [0.15, 0.2) is 41.4 Å². The summed E-state index contributed by atoms with van der Waals surface area (Å²) in [5.74, 6) is -0.170. The zero-order valence-corrected chi connectivity index (χ0v) is 15.8. The van der Waals surface area contributed by atoms with Crippen LogP contribution in [0, 0.1) is 6.92 Å². The fourth-order valence-electron chi connectivity index (χ4n) is 2.79. The highest BCUT2D eigenvalue weighted by atomic mass is 35.5. The normalized spacial score (nSPS) is 14.3. The number of anilines is 1. The lowest BCUT2D eigenvalue weighted by atomic mass is 10.1. The fraction of sp³-hybridized carbons (Fsp3) is 0.158. The van der Waals surface area contributed by atoms with E-state index in [9.17, 15) is 9.59 Å². The van der Waals surface area contributed by atoms with Crippen LogP contribution in [-0.2, 0) is 9.59 Å². The molecule has 0 atom stereocenters. The molecule has 0 aromatic heterocycles. The Labute approximate surface area is 160 Å². The second-order valence-electron chi connectivity index (χ2n) is 5.64. The lowest BCUT2D eigenvalue weighted by Gasteiger charge is -2.18. The molecular weight excluding hydrogens is 377 g/mol. The highest BCUT2D eigenvalue weighted by Crippen LogP contribution is 2.39. The van der Waals surface area contributed by atoms with Gasteiger partial charge in [0.2, 0.25) is 0 Å². The Balaban J connectivity index is 2.09. The molecule has 0 spiro atoms. The Kier molecular flexibility index (Phi) is 4.94. The number of hydrogen-bond donors (Lipinski definition) is 0. The smallest absolute Gasteiger partial charge is 0.277 e. The molecule has 1 aliphatic rings. The highest BCUT2D eigenvalue weighted by Gasteiger charge is 2.40. The molecule has 2 aromatic carbocycles. The van der Waals surface area contributed by atoms with Crippen molar-refractivity contribution < 1.29 is 19.1 Å². The van der Waals surface area contributed by atoms with Crippen molar-refractivity contribution in [1.82, 2.24) is 0 Å². The second-order valence-corrected chi connectivity index (χ2v) is 6.45. The molecule has 3 rings (SSSR count). The van der Waals surface area contributed by atoms with Gasteiger partial charge in [-0.2, -0.15) is 0 Å². The number of aryl methyl sites for hydroxylation is 1. The number of nitrogens with zero attached hydrogens (tertiary/aromatic N) is 1. The minimum absolute atomic E-state index is 0.108. The Hall–Kier alpha value is -2.50. The molecule has 134 valence electrons. The van der Waals surface area contributed by atoms with Crippen molar-refractivity contribution in [2.24, 2.45) is 0 Å². The average Bonchev–Trinajstić information content (AvgIpc) is 2.85. The van der Waals surface area contributed by atoms with Crippen LogP contribution in [-0.4, -0.2) is 26.0 Å². The molecule has 0 saturated carbocycles. The summed E-state index contributed by atoms with van der Waals surface area (Å²) in [6.07, 6.45) is 0. The summed E-state index contributed by atoms with van der Waals surface area (Å²) in [4.78, 5) is 26.7. The number of benzene rings is 2. The van der Waals surface area contributed by atoms with Crippen LogP contribution in [0.2, 0.25) is 5.02 Å². The number of imide groups is 1. The van der Waals surface area contributed by atoms with E-state index in [1.807, 2.05) is 0 Å². The van der Waals surface area contributed by atoms with Crippen molar-refractivity contribution in [3.8, 4) is 11.5 Å². The molecule has 0 unspecified atom stereocenters. The van der Waals surface area contributed by atoms with Gasteiger partial charge in [0.1, 0.15) is 5.03 Å². The first-order valence-electron chi connectivity index (χ1n) is 7.66. The van der Waals surface area contributed by atoms with Gasteiger partial charge in [-0.1, -0.05) is 35.3 Å². The lowest BCUT2D eigenvalue weighted by Crippen LogP contribution is -2.31. The molecule has 1 aliphatic heterocycles. The molecule has 26 heavy (non-hydrogen) atoms. The monoisotopic (exact) mass is 391 g/mol. The molecule has 7 heteroatoms. The summed E-state index contributed by atoms with van der Waals surface area (Å²) in [5.41, 5.74) is 1.71. The number of carbonyl (C=O) groups excluding carboxylic acids is 2. The van der Waals surface area contributed by atoms with Gasteiger partial charge in [0.15, 0.2) is 11.5 Å². The molecule has 0 aliphatic carbocycles. The summed E-state index contributed by atoms with van der Waals surface area (Å²) in [6, 6.07) is 9.90. The lowest BCUT2D eigenvalue weighted by molar-refractivity contribution is -0.119. The SMILES string of the molecule is COc1ccc(C2=C(Cl)C(=O)N(c3cc(Cl)ccc3C)C2=O)cc1OC. The second kappa shape index (κ2) is 7.02. The van der Waals surface area contributed by atoms with E-state index < -0.39 is 11.8 Å². The third-order valence-corrected chi connectivity index (χ3v) is 4.70. The molecule has 1 heterocycles. The number of rotatable bonds is 4. The van der Waals surface area contributed by atoms with Crippen LogP contribution in [0.1, 0.15) is 11.1 Å². The van der Waals surface area contributed by atoms with Gasteiger partial charge in [0.05, 0.1) is 25.5 Å². The minimum Gasteiger partial charge on any atom is -0.493 e. The van der Waals surface area contributed by atoms with E-state index in [0.29, 0.717) is 27.8 Å². The number of carbonyl (C=O) groups is 2. The van der Waals surface area contributed by atoms with Gasteiger partial charge in [-0.3, -0.25) is 9.59 Å². The molecule has 0 N–H and O–H groups in total. The molecular formula is C19H15Cl2NO4. The maximum Gasteiger partial charge on any atom is 0.277 e. The first-order valence-corrected chi connectivity index (χ1v) is 8.41. The van der Waals surface area contributed by atoms with E-state index in [4.69, 9.17) is 32.7 Å². The van der Waals surface area contributed by atoms with Crippen molar-refractivity contribution in [2.45, 2.75) is 6.92 Å². The third-order valence-electron chi connectivity index (χ3n) is 4.11. The highest BCUT2D eigenvalue weighted by molar-refractivity contribution is 6.60. The molecule has 0 fully saturated rings. The topological polar surface area (TPSA) is 55.8 Å². The van der Waals surface area contributed by atoms with E-state index >= 15 is 0 Å². The van der Waals surface area contributed by atoms with Gasteiger partial charge in [-0.05, 0) is 42.3 Å². The van der Waals surface area contributed by atoms with Crippen molar-refractivity contribution in [2.75, 3.05) is 19.1 Å². The average molecular weight is 392 g/mol. The van der Waals surface area contributed by atoms with Gasteiger partial charge in [-0.25, -0.2) is 4.90 Å². The Bertz CT molecular complexity index is 953. The first kappa shape index (κ1) is 18.3. The van der Waals surface area contributed by atoms with Gasteiger partial charge in [-0.15, -0.1) is 0 Å². The van der Waals surface area contributed by atoms with Crippen molar-refractivity contribution in [1.29, 1.82) is 0 Å². The van der Waals surface area contributed by atoms with Crippen LogP contribution >= 0.6 is 23.2 Å². The summed E-state index contributed by atoms with van der Waals surface area (Å²) in [5, 5.41) is 0.267. The van der Waals surface area contributed by atoms with E-state index in [1.165, 1.54) is 14.2 Å². The molecule has 0 radical (unpaired) electrons. The molecule has 0 bridgehead atoms. The number of halogens is 2. The molecule has 5 nitrogen and oxygen atoms in total. The van der Waals surface area contributed by atoms with Crippen LogP contribution in [0.25, 0.3) is 5.57 Å². The van der Waals surface area contributed by atoms with E-state index in [1.54, 1.807) is 43.3 Å². The van der Waals surface area contributed by atoms with Gasteiger partial charge in [0.25, 0.3) is 11.8 Å². The Morgan fingerprint density at radius 1 is 0.885 bits per heavy atom. The summed E-state index contributed by atoms with van der Waals surface area (Å²) >= 11 is 12.3. The Morgan fingerprint density at radius 2 is 1.58 bits per heavy atom. The number of amides is 2. The summed E-state index contributed by atoms with van der Waals surface area (Å²) in [7, 11) is 3.00. The molecule has 2 aromatic rings. The minimum atomic E-state index is -0.591. The maximum atomic E-state index is 13.0. The quantitative estimate of drug-likeness (QED) is 0.733. The van der Waals surface area contributed by atoms with Crippen LogP contribution < -0.4 is 14.4 Å². The standard InChI is InChI=1S/C19H15Cl2NO4/c1-10-4-6-12(20)9-13(10)22-18(23)16(17(21)19(22)24)11-5-7-14(25-2)15(8-11)26-3/h4-9H,1-3H3. The van der Waals surface area contributed by atoms with E-state index in [-0.39, 0.29) is 10.6 Å². The van der Waals surface area contributed by atoms with E-state index in [2.05, 4.69) is 0 Å². The van der Waals surface area contributed by atoms with Gasteiger partial charge < -0.3 is 9.47 Å². The summed E-state index contributed by atoms with van der Waals surface area (Å²) < 4.78 is 10.5. The fourth-order valence-corrected chi connectivity index (χ4v) is 3.23. The third kappa shape index (κ3) is 2.93. The van der Waals surface area contributed by atoms with Crippen LogP contribution in [0.4, 0.5) is 5.69 Å². The van der Waals surface area contributed by atoms with Crippen LogP contribution in [0.3, 0.4) is 0 Å². The summed E-state index contributed by atoms with van der Waals surface area (Å²) in [6.45, 7) is 1.79. The van der Waals surface area contributed by atoms with Gasteiger partial charge in [0, 0.05) is 5.02 Å². The zero-order chi connectivity index (χ0) is 19.0. The Morgan fingerprint density at radius 3 is 2.23 bits per heavy atom. The largest absolute Gasteiger partial charge is 0.493 e. The predicted molar refractivity (Wildman–Crippen MR) is 101 cm³/mol. The first-order chi connectivity index (χ1) is 12.4.